The Hall–Kier alpha value is -1.61. The van der Waals surface area contributed by atoms with Crippen molar-refractivity contribution >= 4 is 16.7 Å². The third-order valence-corrected chi connectivity index (χ3v) is 4.65. The molecular formula is C17H23N2O+. The molecule has 1 fully saturated rings. The molecule has 1 aliphatic rings. The maximum absolute atomic E-state index is 12.6. The van der Waals surface area contributed by atoms with Gasteiger partial charge in [0.1, 0.15) is 6.54 Å². The molecule has 3 rings (SSSR count). The van der Waals surface area contributed by atoms with Crippen LogP contribution in [-0.2, 0) is 0 Å². The maximum Gasteiger partial charge on any atom is 0.219 e. The molecule has 1 aromatic carbocycles. The summed E-state index contributed by atoms with van der Waals surface area (Å²) in [5.41, 5.74) is 1.91. The number of hydrogen-bond donors (Lipinski definition) is 2. The fraction of sp³-hybridized carbons (Fsp3) is 0.471. The third-order valence-electron chi connectivity index (χ3n) is 4.65. The molecule has 106 valence electrons. The molecule has 1 unspecified atom stereocenters. The quantitative estimate of drug-likeness (QED) is 0.822. The molecule has 0 radical (unpaired) electrons. The normalized spacial score (nSPS) is 23.1. The molecule has 2 aromatic rings. The van der Waals surface area contributed by atoms with Gasteiger partial charge in [-0.3, -0.25) is 4.79 Å². The van der Waals surface area contributed by atoms with Crippen LogP contribution in [0.15, 0.2) is 30.5 Å². The fourth-order valence-electron chi connectivity index (χ4n) is 3.48. The molecule has 2 N–H and O–H groups in total. The number of nitrogens with one attached hydrogen (secondary N) is 2. The highest BCUT2D eigenvalue weighted by Gasteiger charge is 2.27. The van der Waals surface area contributed by atoms with E-state index in [0.29, 0.717) is 12.6 Å². The standard InChI is InChI=1S/C17H22N2O/c1-2-13-7-5-6-10-19(13)12-17(20)15-11-18-16-9-4-3-8-14(15)16/h3-4,8-9,11,13,18H,2,5-7,10,12H2,1H3/p+1/t13-/m1/s1. The number of aromatic nitrogens is 1. The molecule has 1 aliphatic heterocycles. The van der Waals surface area contributed by atoms with Crippen molar-refractivity contribution in [1.29, 1.82) is 0 Å². The Kier molecular flexibility index (Phi) is 3.88. The van der Waals surface area contributed by atoms with E-state index in [0.717, 1.165) is 23.0 Å². The number of fused-ring (bicyclic) bond motifs is 1. The lowest BCUT2D eigenvalue weighted by Gasteiger charge is -2.31. The second-order valence-corrected chi connectivity index (χ2v) is 5.86. The molecule has 20 heavy (non-hydrogen) atoms. The molecule has 3 nitrogen and oxygen atoms in total. The van der Waals surface area contributed by atoms with Gasteiger partial charge >= 0.3 is 0 Å². The van der Waals surface area contributed by atoms with E-state index in [9.17, 15) is 4.79 Å². The third kappa shape index (κ3) is 2.50. The number of carbonyl (C=O) groups excluding carboxylic acids is 1. The first kappa shape index (κ1) is 13.4. The van der Waals surface area contributed by atoms with Crippen LogP contribution in [0.25, 0.3) is 10.9 Å². The summed E-state index contributed by atoms with van der Waals surface area (Å²) in [7, 11) is 0. The Morgan fingerprint density at radius 2 is 2.20 bits per heavy atom. The molecule has 0 amide bonds. The summed E-state index contributed by atoms with van der Waals surface area (Å²) < 4.78 is 0. The van der Waals surface area contributed by atoms with Gasteiger partial charge < -0.3 is 9.88 Å². The average Bonchev–Trinajstić information content (AvgIpc) is 2.92. The van der Waals surface area contributed by atoms with Gasteiger partial charge in [0.2, 0.25) is 5.78 Å². The predicted octanol–water partition coefficient (Wildman–Crippen LogP) is 2.20. The second kappa shape index (κ2) is 5.80. The maximum atomic E-state index is 12.6. The van der Waals surface area contributed by atoms with Gasteiger partial charge in [0.15, 0.2) is 0 Å². The van der Waals surface area contributed by atoms with Gasteiger partial charge in [0, 0.05) is 22.7 Å². The van der Waals surface area contributed by atoms with Gasteiger partial charge in [-0.1, -0.05) is 25.1 Å². The van der Waals surface area contributed by atoms with Gasteiger partial charge in [-0.05, 0) is 31.7 Å². The minimum absolute atomic E-state index is 0.276. The fourth-order valence-corrected chi connectivity index (χ4v) is 3.48. The van der Waals surface area contributed by atoms with Gasteiger partial charge in [-0.25, -0.2) is 0 Å². The van der Waals surface area contributed by atoms with Crippen molar-refractivity contribution in [3.05, 3.63) is 36.0 Å². The lowest BCUT2D eigenvalue weighted by molar-refractivity contribution is -0.922. The van der Waals surface area contributed by atoms with Gasteiger partial charge in [-0.15, -0.1) is 0 Å². The number of ketones is 1. The summed E-state index contributed by atoms with van der Waals surface area (Å²) in [4.78, 5) is 17.3. The van der Waals surface area contributed by atoms with E-state index >= 15 is 0 Å². The Bertz CT molecular complexity index is 602. The Labute approximate surface area is 120 Å². The first-order valence-electron chi connectivity index (χ1n) is 7.73. The van der Waals surface area contributed by atoms with E-state index in [1.165, 1.54) is 30.6 Å². The monoisotopic (exact) mass is 271 g/mol. The molecule has 3 heteroatoms. The van der Waals surface area contributed by atoms with E-state index in [1.807, 2.05) is 30.5 Å². The zero-order valence-corrected chi connectivity index (χ0v) is 12.1. The topological polar surface area (TPSA) is 37.3 Å². The molecule has 0 saturated carbocycles. The Morgan fingerprint density at radius 3 is 3.05 bits per heavy atom. The van der Waals surface area contributed by atoms with Crippen molar-refractivity contribution in [3.8, 4) is 0 Å². The van der Waals surface area contributed by atoms with E-state index in [4.69, 9.17) is 0 Å². The van der Waals surface area contributed by atoms with Crippen molar-refractivity contribution in [1.82, 2.24) is 4.98 Å². The van der Waals surface area contributed by atoms with Crippen LogP contribution in [0.5, 0.6) is 0 Å². The summed E-state index contributed by atoms with van der Waals surface area (Å²) in [5, 5.41) is 1.06. The molecule has 0 bridgehead atoms. The Morgan fingerprint density at radius 1 is 1.35 bits per heavy atom. The number of H-pyrrole nitrogens is 1. The number of benzene rings is 1. The summed E-state index contributed by atoms with van der Waals surface area (Å²) in [5.74, 6) is 0.276. The smallest absolute Gasteiger partial charge is 0.219 e. The Balaban J connectivity index is 1.78. The van der Waals surface area contributed by atoms with Crippen LogP contribution in [0.4, 0.5) is 0 Å². The van der Waals surface area contributed by atoms with E-state index in [-0.39, 0.29) is 5.78 Å². The largest absolute Gasteiger partial charge is 0.360 e. The highest BCUT2D eigenvalue weighted by molar-refractivity contribution is 6.08. The highest BCUT2D eigenvalue weighted by Crippen LogP contribution is 2.17. The molecule has 0 spiro atoms. The molecule has 0 aliphatic carbocycles. The van der Waals surface area contributed by atoms with E-state index < -0.39 is 0 Å². The summed E-state index contributed by atoms with van der Waals surface area (Å²) >= 11 is 0. The predicted molar refractivity (Wildman–Crippen MR) is 81.3 cm³/mol. The van der Waals surface area contributed by atoms with Crippen LogP contribution in [0, 0.1) is 0 Å². The van der Waals surface area contributed by atoms with Crippen LogP contribution in [0.2, 0.25) is 0 Å². The average molecular weight is 271 g/mol. The molecular weight excluding hydrogens is 248 g/mol. The van der Waals surface area contributed by atoms with Gasteiger partial charge in [0.05, 0.1) is 12.6 Å². The number of carbonyl (C=O) groups is 1. The van der Waals surface area contributed by atoms with Crippen molar-refractivity contribution < 1.29 is 9.69 Å². The first-order valence-corrected chi connectivity index (χ1v) is 7.73. The second-order valence-electron chi connectivity index (χ2n) is 5.86. The van der Waals surface area contributed by atoms with Gasteiger partial charge in [-0.2, -0.15) is 0 Å². The number of hydrogen-bond acceptors (Lipinski definition) is 1. The molecule has 1 saturated heterocycles. The van der Waals surface area contributed by atoms with Gasteiger partial charge in [0.25, 0.3) is 0 Å². The van der Waals surface area contributed by atoms with Crippen molar-refractivity contribution in [2.45, 2.75) is 38.6 Å². The van der Waals surface area contributed by atoms with Crippen molar-refractivity contribution in [3.63, 3.8) is 0 Å². The van der Waals surface area contributed by atoms with Crippen molar-refractivity contribution in [2.24, 2.45) is 0 Å². The number of para-hydroxylation sites is 1. The van der Waals surface area contributed by atoms with Crippen LogP contribution in [-0.4, -0.2) is 29.9 Å². The first-order chi connectivity index (χ1) is 9.79. The zero-order chi connectivity index (χ0) is 13.9. The lowest BCUT2D eigenvalue weighted by Crippen LogP contribution is -3.17. The zero-order valence-electron chi connectivity index (χ0n) is 12.1. The minimum atomic E-state index is 0.276. The number of rotatable bonds is 4. The van der Waals surface area contributed by atoms with E-state index in [2.05, 4.69) is 11.9 Å². The molecule has 2 heterocycles. The summed E-state index contributed by atoms with van der Waals surface area (Å²) in [6.07, 6.45) is 6.90. The number of aromatic amines is 1. The summed E-state index contributed by atoms with van der Waals surface area (Å²) in [6, 6.07) is 8.71. The SMILES string of the molecule is CC[C@@H]1CCCC[NH+]1CC(=O)c1c[nH]c2ccccc12. The minimum Gasteiger partial charge on any atom is -0.360 e. The summed E-state index contributed by atoms with van der Waals surface area (Å²) in [6.45, 7) is 4.03. The van der Waals surface area contributed by atoms with E-state index in [1.54, 1.807) is 0 Å². The van der Waals surface area contributed by atoms with Crippen LogP contribution in [0.1, 0.15) is 43.0 Å². The van der Waals surface area contributed by atoms with Crippen LogP contribution >= 0.6 is 0 Å². The van der Waals surface area contributed by atoms with Crippen LogP contribution in [0.3, 0.4) is 0 Å². The molecule has 2 atom stereocenters. The number of likely N-dealkylation sites (tertiary alicyclic amines) is 1. The number of Topliss-reactive ketones (excluding diaryl/α,β-unsaturated/α-hetero) is 1. The van der Waals surface area contributed by atoms with Crippen LogP contribution < -0.4 is 4.90 Å². The number of quaternary nitrogens is 1. The van der Waals surface area contributed by atoms with Crippen molar-refractivity contribution in [2.75, 3.05) is 13.1 Å². The lowest BCUT2D eigenvalue weighted by atomic mass is 9.99. The highest BCUT2D eigenvalue weighted by atomic mass is 16.1. The molecule has 1 aromatic heterocycles. The number of piperidine rings is 1.